The van der Waals surface area contributed by atoms with E-state index >= 15 is 0 Å². The molecule has 0 saturated carbocycles. The number of hydrogen-bond donors (Lipinski definition) is 0. The topological polar surface area (TPSA) is 69.4 Å². The molecule has 0 amide bonds. The van der Waals surface area contributed by atoms with E-state index in [2.05, 4.69) is 35.0 Å². The Labute approximate surface area is 160 Å². The lowest BCUT2D eigenvalue weighted by Crippen LogP contribution is -2.36. The molecule has 0 rings (SSSR count). The maximum absolute atomic E-state index is 11.6. The van der Waals surface area contributed by atoms with Gasteiger partial charge in [0.05, 0.1) is 0 Å². The molecule has 6 heteroatoms. The third kappa shape index (κ3) is 13.0. The molecule has 0 spiro atoms. The summed E-state index contributed by atoms with van der Waals surface area (Å²) in [6.07, 6.45) is 16.6. The number of alkyl halides is 1. The zero-order valence-corrected chi connectivity index (χ0v) is 17.4. The zero-order valence-electron chi connectivity index (χ0n) is 15.8. The van der Waals surface area contributed by atoms with Crippen molar-refractivity contribution in [3.8, 4) is 0 Å². The van der Waals surface area contributed by atoms with E-state index in [4.69, 9.17) is 4.74 Å². The summed E-state index contributed by atoms with van der Waals surface area (Å²) in [5.74, 6) is -0.353. The SMILES string of the molecule is CCCCC/C=C\CCCCCCCC(=O)OCC(Br)(CC)[N+](=O)[O-]. The van der Waals surface area contributed by atoms with Crippen LogP contribution < -0.4 is 0 Å². The quantitative estimate of drug-likeness (QED) is 0.0569. The average Bonchev–Trinajstić information content (AvgIpc) is 2.60. The van der Waals surface area contributed by atoms with Crippen LogP contribution in [0.1, 0.15) is 90.9 Å². The van der Waals surface area contributed by atoms with Crippen molar-refractivity contribution in [3.63, 3.8) is 0 Å². The fourth-order valence-electron chi connectivity index (χ4n) is 2.36. The molecule has 0 heterocycles. The number of nitro groups is 1. The van der Waals surface area contributed by atoms with Crippen molar-refractivity contribution in [1.29, 1.82) is 0 Å². The molecular weight excluding hydrogens is 386 g/mol. The maximum Gasteiger partial charge on any atom is 0.307 e. The van der Waals surface area contributed by atoms with E-state index in [1.807, 2.05) is 0 Å². The lowest BCUT2D eigenvalue weighted by molar-refractivity contribution is -0.538. The van der Waals surface area contributed by atoms with Gasteiger partial charge >= 0.3 is 10.4 Å². The lowest BCUT2D eigenvalue weighted by Gasteiger charge is -2.16. The fourth-order valence-corrected chi connectivity index (χ4v) is 2.47. The van der Waals surface area contributed by atoms with Crippen LogP contribution in [0.2, 0.25) is 0 Å². The van der Waals surface area contributed by atoms with Crippen molar-refractivity contribution < 1.29 is 14.5 Å². The second-order valence-corrected chi connectivity index (χ2v) is 7.94. The van der Waals surface area contributed by atoms with Gasteiger partial charge in [0.15, 0.2) is 6.61 Å². The standard InChI is InChI=1S/C19H34BrNO4/c1-3-5-6-7-8-9-10-11-12-13-14-15-16-18(22)25-17-19(20,4-2)21(23)24/h8-9H,3-7,10-17H2,1-2H3/b9-8-. The first-order valence-electron chi connectivity index (χ1n) is 9.60. The second-order valence-electron chi connectivity index (χ2n) is 6.46. The number of ether oxygens (including phenoxy) is 1. The highest BCUT2D eigenvalue weighted by Crippen LogP contribution is 2.23. The Balaban J connectivity index is 3.53. The van der Waals surface area contributed by atoms with Gasteiger partial charge in [-0.05, 0) is 32.1 Å². The Hall–Kier alpha value is -0.910. The number of hydrogen-bond acceptors (Lipinski definition) is 4. The summed E-state index contributed by atoms with van der Waals surface area (Å²) in [5, 5.41) is 10.9. The molecule has 0 saturated heterocycles. The van der Waals surface area contributed by atoms with E-state index in [9.17, 15) is 14.9 Å². The number of halogens is 1. The van der Waals surface area contributed by atoms with Gasteiger partial charge in [-0.2, -0.15) is 0 Å². The molecule has 0 aliphatic heterocycles. The van der Waals surface area contributed by atoms with Crippen LogP contribution in [-0.2, 0) is 9.53 Å². The molecular formula is C19H34BrNO4. The van der Waals surface area contributed by atoms with Crippen LogP contribution in [0.15, 0.2) is 12.2 Å². The van der Waals surface area contributed by atoms with Gasteiger partial charge in [0, 0.05) is 33.7 Å². The molecule has 0 radical (unpaired) electrons. The Bertz CT molecular complexity index is 401. The third-order valence-corrected chi connectivity index (χ3v) is 5.30. The number of carbonyl (C=O) groups is 1. The molecule has 1 unspecified atom stereocenters. The normalized spacial score (nSPS) is 13.7. The second kappa shape index (κ2) is 15.4. The van der Waals surface area contributed by atoms with E-state index in [1.54, 1.807) is 6.92 Å². The minimum atomic E-state index is -1.35. The highest BCUT2D eigenvalue weighted by atomic mass is 79.9. The van der Waals surface area contributed by atoms with Gasteiger partial charge < -0.3 is 4.74 Å². The molecule has 1 atom stereocenters. The Morgan fingerprint density at radius 2 is 1.60 bits per heavy atom. The summed E-state index contributed by atoms with van der Waals surface area (Å²) in [4.78, 5) is 22.1. The molecule has 0 aromatic heterocycles. The minimum Gasteiger partial charge on any atom is -0.457 e. The predicted octanol–water partition coefficient (Wildman–Crippen LogP) is 6.17. The van der Waals surface area contributed by atoms with Gasteiger partial charge in [0.2, 0.25) is 0 Å². The zero-order chi connectivity index (χ0) is 19.0. The molecule has 5 nitrogen and oxygen atoms in total. The lowest BCUT2D eigenvalue weighted by atomic mass is 10.1. The molecule has 0 bridgehead atoms. The van der Waals surface area contributed by atoms with Crippen LogP contribution in [0.4, 0.5) is 0 Å². The van der Waals surface area contributed by atoms with Gasteiger partial charge in [-0.1, -0.05) is 58.1 Å². The number of nitrogens with zero attached hydrogens (tertiary/aromatic N) is 1. The van der Waals surface area contributed by atoms with E-state index in [-0.39, 0.29) is 19.0 Å². The van der Waals surface area contributed by atoms with Crippen LogP contribution in [0, 0.1) is 10.1 Å². The van der Waals surface area contributed by atoms with Crippen LogP contribution in [0.25, 0.3) is 0 Å². The Morgan fingerprint density at radius 3 is 2.16 bits per heavy atom. The average molecular weight is 420 g/mol. The van der Waals surface area contributed by atoms with Crippen molar-refractivity contribution in [2.45, 2.75) is 95.3 Å². The Kier molecular flexibility index (Phi) is 14.8. The number of unbranched alkanes of at least 4 members (excludes halogenated alkanes) is 8. The van der Waals surface area contributed by atoms with Gasteiger partial charge in [0.25, 0.3) is 0 Å². The van der Waals surface area contributed by atoms with Crippen LogP contribution in [0.3, 0.4) is 0 Å². The van der Waals surface area contributed by atoms with Crippen LogP contribution in [0.5, 0.6) is 0 Å². The first-order valence-corrected chi connectivity index (χ1v) is 10.4. The molecule has 0 aromatic carbocycles. The summed E-state index contributed by atoms with van der Waals surface area (Å²) in [7, 11) is 0. The van der Waals surface area contributed by atoms with Gasteiger partial charge in [0.1, 0.15) is 0 Å². The molecule has 0 N–H and O–H groups in total. The van der Waals surface area contributed by atoms with Gasteiger partial charge in [-0.3, -0.25) is 14.9 Å². The summed E-state index contributed by atoms with van der Waals surface area (Å²) in [6, 6.07) is 0. The monoisotopic (exact) mass is 419 g/mol. The summed E-state index contributed by atoms with van der Waals surface area (Å²) in [6.45, 7) is 3.68. The number of allylic oxidation sites excluding steroid dienone is 2. The number of carbonyl (C=O) groups excluding carboxylic acids is 1. The largest absolute Gasteiger partial charge is 0.457 e. The number of rotatable bonds is 16. The predicted molar refractivity (Wildman–Crippen MR) is 106 cm³/mol. The van der Waals surface area contributed by atoms with Gasteiger partial charge in [-0.25, -0.2) is 0 Å². The maximum atomic E-state index is 11.6. The smallest absolute Gasteiger partial charge is 0.307 e. The van der Waals surface area contributed by atoms with E-state index in [0.29, 0.717) is 6.42 Å². The van der Waals surface area contributed by atoms with Gasteiger partial charge in [-0.15, -0.1) is 0 Å². The van der Waals surface area contributed by atoms with Crippen molar-refractivity contribution >= 4 is 21.9 Å². The first-order chi connectivity index (χ1) is 12.0. The third-order valence-electron chi connectivity index (χ3n) is 4.22. The molecule has 0 aliphatic carbocycles. The highest BCUT2D eigenvalue weighted by Gasteiger charge is 2.39. The molecule has 25 heavy (non-hydrogen) atoms. The number of esters is 1. The molecule has 146 valence electrons. The molecule has 0 fully saturated rings. The fraction of sp³-hybridized carbons (Fsp3) is 0.842. The van der Waals surface area contributed by atoms with Crippen molar-refractivity contribution in [2.75, 3.05) is 6.61 Å². The molecule has 0 aromatic rings. The van der Waals surface area contributed by atoms with E-state index in [0.717, 1.165) is 25.7 Å². The van der Waals surface area contributed by atoms with Crippen molar-refractivity contribution in [2.24, 2.45) is 0 Å². The summed E-state index contributed by atoms with van der Waals surface area (Å²) >= 11 is 3.04. The van der Waals surface area contributed by atoms with E-state index < -0.39 is 9.37 Å². The van der Waals surface area contributed by atoms with Crippen LogP contribution in [-0.4, -0.2) is 21.9 Å². The Morgan fingerprint density at radius 1 is 1.04 bits per heavy atom. The minimum absolute atomic E-state index is 0.222. The van der Waals surface area contributed by atoms with Crippen LogP contribution >= 0.6 is 15.9 Å². The highest BCUT2D eigenvalue weighted by molar-refractivity contribution is 9.10. The van der Waals surface area contributed by atoms with Crippen molar-refractivity contribution in [1.82, 2.24) is 0 Å². The summed E-state index contributed by atoms with van der Waals surface area (Å²) < 4.78 is 3.67. The summed E-state index contributed by atoms with van der Waals surface area (Å²) in [5.41, 5.74) is 0. The first kappa shape index (κ1) is 24.1. The molecule has 0 aliphatic rings. The van der Waals surface area contributed by atoms with Crippen molar-refractivity contribution in [3.05, 3.63) is 22.3 Å². The van der Waals surface area contributed by atoms with E-state index in [1.165, 1.54) is 38.5 Å².